The first kappa shape index (κ1) is 22.8. The van der Waals surface area contributed by atoms with E-state index in [1.807, 2.05) is 44.2 Å². The number of hydrogen-bond acceptors (Lipinski definition) is 6. The van der Waals surface area contributed by atoms with Crippen molar-refractivity contribution in [3.8, 4) is 11.5 Å². The van der Waals surface area contributed by atoms with Crippen molar-refractivity contribution in [2.75, 3.05) is 30.1 Å². The number of methoxy groups -OCH3 is 1. The van der Waals surface area contributed by atoms with E-state index >= 15 is 0 Å². The highest BCUT2D eigenvalue weighted by molar-refractivity contribution is 7.65. The Morgan fingerprint density at radius 3 is 2.39 bits per heavy atom. The van der Waals surface area contributed by atoms with E-state index in [0.29, 0.717) is 5.82 Å². The number of nitrogens with one attached hydrogen (secondary N) is 2. The van der Waals surface area contributed by atoms with Crippen molar-refractivity contribution in [2.45, 2.75) is 33.8 Å². The lowest BCUT2D eigenvalue weighted by Gasteiger charge is -2.17. The van der Waals surface area contributed by atoms with Crippen LogP contribution in [0.15, 0.2) is 54.7 Å². The van der Waals surface area contributed by atoms with Gasteiger partial charge in [-0.2, -0.15) is 5.10 Å². The van der Waals surface area contributed by atoms with Gasteiger partial charge in [-0.1, -0.05) is 40.0 Å². The summed E-state index contributed by atoms with van der Waals surface area (Å²) in [4.78, 5) is 0. The molecule has 31 heavy (non-hydrogen) atoms. The number of nitrogens with zero attached hydrogens (tertiary/aromatic N) is 2. The number of rotatable bonds is 10. The summed E-state index contributed by atoms with van der Waals surface area (Å²) >= 11 is 0. The lowest BCUT2D eigenvalue weighted by molar-refractivity contribution is 0.244. The van der Waals surface area contributed by atoms with E-state index in [1.54, 1.807) is 13.3 Å². The predicted octanol–water partition coefficient (Wildman–Crippen LogP) is 5.91. The second-order valence-corrected chi connectivity index (χ2v) is 10.2. The molecule has 0 saturated heterocycles. The average Bonchev–Trinajstić information content (AvgIpc) is 2.77. The summed E-state index contributed by atoms with van der Waals surface area (Å²) in [5.41, 5.74) is 2.56. The van der Waals surface area contributed by atoms with E-state index in [1.165, 1.54) is 17.6 Å². The molecule has 0 aliphatic heterocycles. The van der Waals surface area contributed by atoms with Crippen molar-refractivity contribution >= 4 is 36.1 Å². The van der Waals surface area contributed by atoms with Gasteiger partial charge in [0, 0.05) is 6.07 Å². The summed E-state index contributed by atoms with van der Waals surface area (Å²) in [6, 6.07) is 16.1. The lowest BCUT2D eigenvalue weighted by Crippen LogP contribution is -2.08. The number of para-hydroxylation sites is 2. The predicted molar refractivity (Wildman–Crippen MR) is 131 cm³/mol. The number of ether oxygens (including phenoxy) is 2. The summed E-state index contributed by atoms with van der Waals surface area (Å²) in [6.07, 6.45) is 4.12. The normalized spacial score (nSPS) is 10.9. The molecule has 6 nitrogen and oxygen atoms in total. The molecule has 0 aliphatic rings. The van der Waals surface area contributed by atoms with Gasteiger partial charge in [-0.15, -0.1) is 5.10 Å². The van der Waals surface area contributed by atoms with Crippen LogP contribution in [-0.4, -0.2) is 35.7 Å². The van der Waals surface area contributed by atoms with E-state index in [-0.39, 0.29) is 14.0 Å². The van der Waals surface area contributed by atoms with Crippen LogP contribution >= 0.6 is 7.92 Å². The maximum Gasteiger partial charge on any atom is 0.155 e. The highest BCUT2D eigenvalue weighted by Crippen LogP contribution is 2.37. The fraction of sp³-hybridized carbons (Fsp3) is 0.333. The zero-order chi connectivity index (χ0) is 22.2. The molecule has 0 atom stereocenters. The molecule has 0 amide bonds. The molecule has 2 aromatic carbocycles. The van der Waals surface area contributed by atoms with Gasteiger partial charge in [-0.25, -0.2) is 0 Å². The van der Waals surface area contributed by atoms with Crippen molar-refractivity contribution in [1.82, 2.24) is 10.2 Å². The molecule has 0 bridgehead atoms. The molecule has 0 unspecified atom stereocenters. The molecule has 3 aromatic rings. The van der Waals surface area contributed by atoms with E-state index in [9.17, 15) is 0 Å². The van der Waals surface area contributed by atoms with Crippen LogP contribution in [0.1, 0.15) is 27.7 Å². The van der Waals surface area contributed by atoms with Crippen molar-refractivity contribution < 1.29 is 9.47 Å². The SMILES string of the molecule is CCP(CC)c1ccc(Nc2cc(Nc3ccccc3OC(C)C)cnn2)c(OC)c1. The smallest absolute Gasteiger partial charge is 0.155 e. The summed E-state index contributed by atoms with van der Waals surface area (Å²) in [7, 11) is 1.55. The summed E-state index contributed by atoms with van der Waals surface area (Å²) in [5, 5.41) is 16.4. The molecule has 0 aliphatic carbocycles. The molecule has 2 N–H and O–H groups in total. The van der Waals surface area contributed by atoms with Gasteiger partial charge in [-0.3, -0.25) is 0 Å². The number of benzene rings is 2. The van der Waals surface area contributed by atoms with Crippen LogP contribution < -0.4 is 25.4 Å². The zero-order valence-corrected chi connectivity index (χ0v) is 19.7. The van der Waals surface area contributed by atoms with Gasteiger partial charge in [-0.05, 0) is 55.7 Å². The van der Waals surface area contributed by atoms with Gasteiger partial charge in [0.15, 0.2) is 5.82 Å². The molecular weight excluding hydrogens is 407 g/mol. The lowest BCUT2D eigenvalue weighted by atomic mass is 10.2. The average molecular weight is 439 g/mol. The van der Waals surface area contributed by atoms with Crippen molar-refractivity contribution in [3.05, 3.63) is 54.7 Å². The minimum atomic E-state index is -0.146. The van der Waals surface area contributed by atoms with Gasteiger partial charge in [0.2, 0.25) is 0 Å². The molecule has 0 spiro atoms. The Morgan fingerprint density at radius 2 is 1.68 bits per heavy atom. The van der Waals surface area contributed by atoms with Crippen LogP contribution in [0.2, 0.25) is 0 Å². The van der Waals surface area contributed by atoms with Crippen LogP contribution in [0.3, 0.4) is 0 Å². The third-order valence-corrected chi connectivity index (χ3v) is 7.30. The molecule has 3 rings (SSSR count). The van der Waals surface area contributed by atoms with E-state index in [0.717, 1.165) is 28.6 Å². The molecule has 7 heteroatoms. The van der Waals surface area contributed by atoms with Crippen molar-refractivity contribution in [3.63, 3.8) is 0 Å². The Labute approximate surface area is 186 Å². The van der Waals surface area contributed by atoms with Crippen molar-refractivity contribution in [2.24, 2.45) is 0 Å². The molecule has 1 heterocycles. The fourth-order valence-electron chi connectivity index (χ4n) is 3.28. The Balaban J connectivity index is 1.80. The number of hydrogen-bond donors (Lipinski definition) is 2. The Bertz CT molecular complexity index is 993. The molecule has 1 aromatic heterocycles. The van der Waals surface area contributed by atoms with Crippen LogP contribution in [0.25, 0.3) is 0 Å². The van der Waals surface area contributed by atoms with Gasteiger partial charge in [0.05, 0.1) is 36.5 Å². The highest BCUT2D eigenvalue weighted by atomic mass is 31.1. The monoisotopic (exact) mass is 438 g/mol. The van der Waals surface area contributed by atoms with E-state index in [4.69, 9.17) is 9.47 Å². The largest absolute Gasteiger partial charge is 0.495 e. The first-order valence-corrected chi connectivity index (χ1v) is 12.3. The fourth-order valence-corrected chi connectivity index (χ4v) is 5.05. The second-order valence-electron chi connectivity index (χ2n) is 7.30. The van der Waals surface area contributed by atoms with Crippen LogP contribution in [0.5, 0.6) is 11.5 Å². The Morgan fingerprint density at radius 1 is 0.935 bits per heavy atom. The standard InChI is InChI=1S/C24H31N4O2P/c1-6-31(7-2)19-12-13-21(23(15-19)29-5)27-24-14-18(16-25-28-24)26-20-10-8-9-11-22(20)30-17(3)4/h8-17H,6-7H2,1-5H3,(H2,26,27,28). The van der Waals surface area contributed by atoms with Crippen LogP contribution in [0.4, 0.5) is 22.9 Å². The Kier molecular flexibility index (Phi) is 8.07. The van der Waals surface area contributed by atoms with Gasteiger partial charge in [0.25, 0.3) is 0 Å². The van der Waals surface area contributed by atoms with Gasteiger partial charge >= 0.3 is 0 Å². The van der Waals surface area contributed by atoms with E-state index < -0.39 is 0 Å². The van der Waals surface area contributed by atoms with Gasteiger partial charge in [0.1, 0.15) is 11.5 Å². The third-order valence-electron chi connectivity index (χ3n) is 4.76. The highest BCUT2D eigenvalue weighted by Gasteiger charge is 2.12. The van der Waals surface area contributed by atoms with Crippen molar-refractivity contribution in [1.29, 1.82) is 0 Å². The van der Waals surface area contributed by atoms with Crippen LogP contribution in [0, 0.1) is 0 Å². The number of aromatic nitrogens is 2. The minimum Gasteiger partial charge on any atom is -0.495 e. The van der Waals surface area contributed by atoms with Gasteiger partial charge < -0.3 is 20.1 Å². The quantitative estimate of drug-likeness (QED) is 0.384. The zero-order valence-electron chi connectivity index (χ0n) is 18.8. The van der Waals surface area contributed by atoms with E-state index in [2.05, 4.69) is 52.9 Å². The molecular formula is C24H31N4O2P. The Hall–Kier alpha value is -2.85. The third kappa shape index (κ3) is 6.08. The maximum atomic E-state index is 5.89. The second kappa shape index (κ2) is 11.0. The van der Waals surface area contributed by atoms with Crippen LogP contribution in [-0.2, 0) is 0 Å². The summed E-state index contributed by atoms with van der Waals surface area (Å²) in [6.45, 7) is 8.50. The summed E-state index contributed by atoms with van der Waals surface area (Å²) in [5.74, 6) is 2.23. The summed E-state index contributed by atoms with van der Waals surface area (Å²) < 4.78 is 11.5. The number of anilines is 4. The maximum absolute atomic E-state index is 5.89. The topological polar surface area (TPSA) is 68.3 Å². The molecule has 0 radical (unpaired) electrons. The first-order valence-electron chi connectivity index (χ1n) is 10.6. The first-order chi connectivity index (χ1) is 15.0. The molecule has 0 fully saturated rings. The minimum absolute atomic E-state index is 0.0904. The molecule has 164 valence electrons. The molecule has 0 saturated carbocycles.